The van der Waals surface area contributed by atoms with Crippen LogP contribution in [0.3, 0.4) is 0 Å². The van der Waals surface area contributed by atoms with Gasteiger partial charge in [0, 0.05) is 28.9 Å². The smallest absolute Gasteiger partial charge is 0.178 e. The number of nitrogens with zero attached hydrogens (tertiary/aromatic N) is 1. The number of ketones is 1. The second kappa shape index (κ2) is 5.51. The molecular formula is C16H14N2OS. The number of hydrogen-bond acceptors (Lipinski definition) is 3. The summed E-state index contributed by atoms with van der Waals surface area (Å²) in [5.41, 5.74) is 1.74. The van der Waals surface area contributed by atoms with E-state index in [9.17, 15) is 4.79 Å². The van der Waals surface area contributed by atoms with Crippen molar-refractivity contribution < 1.29 is 4.79 Å². The molecule has 3 rings (SSSR count). The predicted octanol–water partition coefficient (Wildman–Crippen LogP) is 3.93. The van der Waals surface area contributed by atoms with Gasteiger partial charge in [0.05, 0.1) is 10.3 Å². The van der Waals surface area contributed by atoms with Crippen molar-refractivity contribution in [3.8, 4) is 0 Å². The highest BCUT2D eigenvalue weighted by Gasteiger charge is 2.19. The lowest BCUT2D eigenvalue weighted by atomic mass is 10.1. The number of carbonyl (C=O) groups excluding carboxylic acids is 1. The van der Waals surface area contributed by atoms with E-state index in [1.807, 2.05) is 49.4 Å². The molecule has 0 bridgehead atoms. The monoisotopic (exact) mass is 282 g/mol. The second-order valence-corrected chi connectivity index (χ2v) is 5.90. The Bertz CT molecular complexity index is 736. The third kappa shape index (κ3) is 2.47. The summed E-state index contributed by atoms with van der Waals surface area (Å²) in [7, 11) is 0. The minimum atomic E-state index is -0.163. The van der Waals surface area contributed by atoms with Crippen LogP contribution in [0.1, 0.15) is 17.3 Å². The molecule has 2 heterocycles. The van der Waals surface area contributed by atoms with Crippen LogP contribution < -0.4 is 0 Å². The SMILES string of the molecule is CC(Sc1ccccn1)C(=O)c1c[nH]c2ccccc12. The molecule has 0 radical (unpaired) electrons. The van der Waals surface area contributed by atoms with Crippen molar-refractivity contribution in [1.29, 1.82) is 0 Å². The molecule has 0 spiro atoms. The fourth-order valence-electron chi connectivity index (χ4n) is 2.15. The quantitative estimate of drug-likeness (QED) is 0.582. The molecule has 2 aromatic heterocycles. The van der Waals surface area contributed by atoms with Crippen molar-refractivity contribution in [3.63, 3.8) is 0 Å². The zero-order chi connectivity index (χ0) is 13.9. The van der Waals surface area contributed by atoms with Crippen molar-refractivity contribution in [3.05, 3.63) is 60.4 Å². The van der Waals surface area contributed by atoms with Gasteiger partial charge in [-0.15, -0.1) is 0 Å². The fraction of sp³-hybridized carbons (Fsp3) is 0.125. The van der Waals surface area contributed by atoms with Crippen LogP contribution in [-0.2, 0) is 0 Å². The van der Waals surface area contributed by atoms with Crippen molar-refractivity contribution in [2.24, 2.45) is 0 Å². The Kier molecular flexibility index (Phi) is 3.56. The van der Waals surface area contributed by atoms with E-state index in [1.54, 1.807) is 12.4 Å². The number of thioether (sulfide) groups is 1. The summed E-state index contributed by atoms with van der Waals surface area (Å²) >= 11 is 1.48. The molecule has 1 aromatic carbocycles. The van der Waals surface area contributed by atoms with E-state index in [-0.39, 0.29) is 11.0 Å². The number of carbonyl (C=O) groups is 1. The number of fused-ring (bicyclic) bond motifs is 1. The number of benzene rings is 1. The van der Waals surface area contributed by atoms with Crippen LogP contribution in [0, 0.1) is 0 Å². The number of Topliss-reactive ketones (excluding diaryl/α,β-unsaturated/α-hetero) is 1. The van der Waals surface area contributed by atoms with Gasteiger partial charge in [-0.3, -0.25) is 4.79 Å². The van der Waals surface area contributed by atoms with Crippen LogP contribution in [0.5, 0.6) is 0 Å². The lowest BCUT2D eigenvalue weighted by Crippen LogP contribution is -2.13. The Morgan fingerprint density at radius 3 is 2.80 bits per heavy atom. The van der Waals surface area contributed by atoms with Gasteiger partial charge in [-0.1, -0.05) is 36.0 Å². The first-order valence-electron chi connectivity index (χ1n) is 6.44. The number of para-hydroxylation sites is 1. The zero-order valence-electron chi connectivity index (χ0n) is 11.0. The summed E-state index contributed by atoms with van der Waals surface area (Å²) in [5, 5.41) is 1.68. The van der Waals surface area contributed by atoms with Crippen LogP contribution in [-0.4, -0.2) is 21.0 Å². The molecule has 0 aliphatic carbocycles. The standard InChI is InChI=1S/C16H14N2OS/c1-11(20-15-8-4-5-9-17-15)16(19)13-10-18-14-7-3-2-6-12(13)14/h2-11,18H,1H3. The molecule has 0 saturated heterocycles. The van der Waals surface area contributed by atoms with Crippen LogP contribution in [0.2, 0.25) is 0 Å². The summed E-state index contributed by atoms with van der Waals surface area (Å²) in [6, 6.07) is 13.6. The molecule has 0 fully saturated rings. The average Bonchev–Trinajstić information content (AvgIpc) is 2.91. The maximum Gasteiger partial charge on any atom is 0.178 e. The van der Waals surface area contributed by atoms with E-state index < -0.39 is 0 Å². The van der Waals surface area contributed by atoms with Crippen molar-refractivity contribution in [2.45, 2.75) is 17.2 Å². The molecule has 0 aliphatic heterocycles. The first kappa shape index (κ1) is 12.9. The molecule has 100 valence electrons. The summed E-state index contributed by atoms with van der Waals surface area (Å²) < 4.78 is 0. The van der Waals surface area contributed by atoms with Gasteiger partial charge in [0.1, 0.15) is 0 Å². The van der Waals surface area contributed by atoms with Crippen LogP contribution in [0.25, 0.3) is 10.9 Å². The molecule has 20 heavy (non-hydrogen) atoms. The number of aromatic amines is 1. The Hall–Kier alpha value is -2.07. The molecule has 1 N–H and O–H groups in total. The molecular weight excluding hydrogens is 268 g/mol. The lowest BCUT2D eigenvalue weighted by molar-refractivity contribution is 0.0995. The van der Waals surface area contributed by atoms with Crippen LogP contribution in [0.15, 0.2) is 59.9 Å². The van der Waals surface area contributed by atoms with Gasteiger partial charge in [-0.2, -0.15) is 0 Å². The predicted molar refractivity (Wildman–Crippen MR) is 82.2 cm³/mol. The molecule has 0 aliphatic rings. The van der Waals surface area contributed by atoms with Crippen molar-refractivity contribution in [2.75, 3.05) is 0 Å². The van der Waals surface area contributed by atoms with Gasteiger partial charge >= 0.3 is 0 Å². The highest BCUT2D eigenvalue weighted by molar-refractivity contribution is 8.00. The summed E-state index contributed by atoms with van der Waals surface area (Å²) in [6.45, 7) is 1.92. The van der Waals surface area contributed by atoms with Gasteiger partial charge in [0.25, 0.3) is 0 Å². The number of aromatic nitrogens is 2. The first-order chi connectivity index (χ1) is 9.75. The zero-order valence-corrected chi connectivity index (χ0v) is 11.9. The minimum absolute atomic E-state index is 0.123. The Balaban J connectivity index is 1.85. The fourth-order valence-corrected chi connectivity index (χ4v) is 3.02. The largest absolute Gasteiger partial charge is 0.360 e. The van der Waals surface area contributed by atoms with E-state index in [0.29, 0.717) is 0 Å². The van der Waals surface area contributed by atoms with Crippen molar-refractivity contribution >= 4 is 28.4 Å². The van der Waals surface area contributed by atoms with E-state index >= 15 is 0 Å². The second-order valence-electron chi connectivity index (χ2n) is 4.54. The highest BCUT2D eigenvalue weighted by Crippen LogP contribution is 2.26. The molecule has 0 saturated carbocycles. The van der Waals surface area contributed by atoms with E-state index in [4.69, 9.17) is 0 Å². The first-order valence-corrected chi connectivity index (χ1v) is 7.31. The number of hydrogen-bond donors (Lipinski definition) is 1. The van der Waals surface area contributed by atoms with E-state index in [1.165, 1.54) is 11.8 Å². The molecule has 3 aromatic rings. The van der Waals surface area contributed by atoms with Crippen molar-refractivity contribution in [1.82, 2.24) is 9.97 Å². The minimum Gasteiger partial charge on any atom is -0.360 e. The maximum atomic E-state index is 12.6. The Labute approximate surface area is 121 Å². The van der Waals surface area contributed by atoms with Gasteiger partial charge in [0.15, 0.2) is 5.78 Å². The van der Waals surface area contributed by atoms with Gasteiger partial charge in [0.2, 0.25) is 0 Å². The topological polar surface area (TPSA) is 45.8 Å². The number of rotatable bonds is 4. The third-order valence-electron chi connectivity index (χ3n) is 3.16. The van der Waals surface area contributed by atoms with Crippen LogP contribution >= 0.6 is 11.8 Å². The Morgan fingerprint density at radius 2 is 2.00 bits per heavy atom. The molecule has 1 unspecified atom stereocenters. The molecule has 1 atom stereocenters. The third-order valence-corrected chi connectivity index (χ3v) is 4.21. The molecule has 0 amide bonds. The molecule has 4 heteroatoms. The number of pyridine rings is 1. The lowest BCUT2D eigenvalue weighted by Gasteiger charge is -2.08. The van der Waals surface area contributed by atoms with Gasteiger partial charge in [-0.05, 0) is 25.1 Å². The summed E-state index contributed by atoms with van der Waals surface area (Å²) in [5.74, 6) is 0.123. The van der Waals surface area contributed by atoms with Gasteiger partial charge in [-0.25, -0.2) is 4.98 Å². The number of nitrogens with one attached hydrogen (secondary N) is 1. The summed E-state index contributed by atoms with van der Waals surface area (Å²) in [4.78, 5) is 19.9. The highest BCUT2D eigenvalue weighted by atomic mass is 32.2. The average molecular weight is 282 g/mol. The van der Waals surface area contributed by atoms with E-state index in [2.05, 4.69) is 9.97 Å². The summed E-state index contributed by atoms with van der Waals surface area (Å²) in [6.07, 6.45) is 3.54. The van der Waals surface area contributed by atoms with Gasteiger partial charge < -0.3 is 4.98 Å². The van der Waals surface area contributed by atoms with Crippen LogP contribution in [0.4, 0.5) is 0 Å². The van der Waals surface area contributed by atoms with E-state index in [0.717, 1.165) is 21.5 Å². The normalized spacial score (nSPS) is 12.4. The Morgan fingerprint density at radius 1 is 1.20 bits per heavy atom. The number of H-pyrrole nitrogens is 1. The molecule has 3 nitrogen and oxygen atoms in total. The maximum absolute atomic E-state index is 12.6.